The number of benzene rings is 2. The van der Waals surface area contributed by atoms with Crippen LogP contribution in [0.3, 0.4) is 0 Å². The zero-order valence-electron chi connectivity index (χ0n) is 53.6. The Hall–Kier alpha value is -6.45. The van der Waals surface area contributed by atoms with Crippen LogP contribution in [-0.2, 0) is 46.7 Å². The van der Waals surface area contributed by atoms with E-state index in [0.717, 1.165) is 62.5 Å². The summed E-state index contributed by atoms with van der Waals surface area (Å²) in [5.41, 5.74) is 7.10. The number of amides is 9. The lowest BCUT2D eigenvalue weighted by atomic mass is 9.81. The molecule has 7 atom stereocenters. The van der Waals surface area contributed by atoms with Crippen molar-refractivity contribution in [2.24, 2.45) is 45.7 Å². The highest BCUT2D eigenvalue weighted by atomic mass is 16.5. The van der Waals surface area contributed by atoms with Crippen molar-refractivity contribution in [2.45, 2.75) is 183 Å². The van der Waals surface area contributed by atoms with Crippen LogP contribution in [0, 0.1) is 35.5 Å². The number of nitrogens with zero attached hydrogens (tertiary/aromatic N) is 3. The minimum atomic E-state index is -0.647. The standard InChI is InChI=1S/C32H50N6O5.C26H40N6O4.3CH4/c1-6-26(18-35-37-32(42)34-17-23-12-14-25(15-13-23)29(39)33-5)36-30(40)28-16-27(43-20-24-10-8-7-9-11-24)19-38(28)31(41)22(4)21(2)3;1-3-21(15-30-32-26(35)29-14-18-9-11-20(12-10-18)24(33)27-2)31-25(34)23-13-22(16-28-23)36-17-19-7-5-4-6-8-19;;;/h7-11,18,21-23,25-28H,6,12-17,19-20H2,1-5H3,(H,33,39)(H,36,40)(H2,34,37,42);4-8,15,18,20-23,28H,3,9-14,16-17H2,1-2H3,(H,27,33)(H,31,34)(H2,29,32,35);3*1H4/b35-18+;30-15+;;;/t22-,23?,25?,26-,27+,28-;18?,20?,21-,22+,23-;;;/m00.../s1/i;;3*1T. The van der Waals surface area contributed by atoms with Crippen molar-refractivity contribution in [3.8, 4) is 0 Å². The van der Waals surface area contributed by atoms with Crippen LogP contribution >= 0.6 is 0 Å². The number of carbonyl (C=O) groups is 7. The Balaban J connectivity index is 0.000000540. The summed E-state index contributed by atoms with van der Waals surface area (Å²) in [6.07, 6.45) is 12.0. The fourth-order valence-corrected chi connectivity index (χ4v) is 10.2. The van der Waals surface area contributed by atoms with Gasteiger partial charge in [-0.1, -0.05) is 117 Å². The zero-order valence-corrected chi connectivity index (χ0v) is 50.6. The van der Waals surface area contributed by atoms with Gasteiger partial charge in [0.25, 0.3) is 0 Å². The first kappa shape index (κ1) is 66.4. The number of likely N-dealkylation sites (tertiary alicyclic amines) is 1. The van der Waals surface area contributed by atoms with Gasteiger partial charge in [-0.05, 0) is 99.5 Å². The van der Waals surface area contributed by atoms with Crippen LogP contribution in [0.1, 0.15) is 149 Å². The third-order valence-electron chi connectivity index (χ3n) is 15.7. The Morgan fingerprint density at radius 2 is 1.07 bits per heavy atom. The van der Waals surface area contributed by atoms with Gasteiger partial charge >= 0.3 is 12.1 Å². The number of nitrogens with one attached hydrogen (secondary N) is 9. The third kappa shape index (κ3) is 24.2. The van der Waals surface area contributed by atoms with Crippen LogP contribution in [-0.4, -0.2) is 136 Å². The molecule has 4 aliphatic rings. The summed E-state index contributed by atoms with van der Waals surface area (Å²) in [5, 5.41) is 28.3. The van der Waals surface area contributed by atoms with Crippen molar-refractivity contribution in [3.05, 3.63) is 71.8 Å². The molecule has 2 aliphatic heterocycles. The minimum absolute atomic E-state index is 0.0149. The molecular formula is C61H102N12O9. The van der Waals surface area contributed by atoms with Crippen molar-refractivity contribution >= 4 is 54.0 Å². The number of hydrazone groups is 2. The van der Waals surface area contributed by atoms with E-state index in [1.807, 2.05) is 95.3 Å². The third-order valence-corrected chi connectivity index (χ3v) is 15.7. The van der Waals surface area contributed by atoms with Gasteiger partial charge in [0.15, 0.2) is 0 Å². The van der Waals surface area contributed by atoms with Crippen LogP contribution in [0.25, 0.3) is 0 Å². The van der Waals surface area contributed by atoms with Gasteiger partial charge in [-0.25, -0.2) is 20.4 Å². The van der Waals surface area contributed by atoms with Crippen LogP contribution in [0.2, 0.25) is 0 Å². The van der Waals surface area contributed by atoms with E-state index in [1.165, 1.54) is 28.4 Å². The van der Waals surface area contributed by atoms with Crippen molar-refractivity contribution in [2.75, 3.05) is 40.3 Å². The molecule has 0 bridgehead atoms. The van der Waals surface area contributed by atoms with E-state index in [9.17, 15) is 33.6 Å². The van der Waals surface area contributed by atoms with Crippen LogP contribution in [0.15, 0.2) is 70.9 Å². The van der Waals surface area contributed by atoms with Crippen molar-refractivity contribution < 1.29 is 47.1 Å². The number of hydrogen-bond acceptors (Lipinski definition) is 12. The van der Waals surface area contributed by atoms with Crippen LogP contribution < -0.4 is 48.1 Å². The second kappa shape index (κ2) is 38.3. The van der Waals surface area contributed by atoms with Crippen LogP contribution in [0.5, 0.6) is 0 Å². The monoisotopic (exact) mass is 1150 g/mol. The molecule has 2 aromatic rings. The molecule has 0 aromatic heterocycles. The summed E-state index contributed by atoms with van der Waals surface area (Å²) in [5.74, 6) is 0.530. The molecule has 2 aliphatic carbocycles. The topological polar surface area (TPSA) is 274 Å². The first-order valence-electron chi connectivity index (χ1n) is 31.6. The Kier molecular flexibility index (Phi) is 31.0. The van der Waals surface area contributed by atoms with E-state index in [4.69, 9.17) is 13.6 Å². The summed E-state index contributed by atoms with van der Waals surface area (Å²) in [6, 6.07) is 17.3. The first-order valence-corrected chi connectivity index (χ1v) is 28.6. The second-order valence-electron chi connectivity index (χ2n) is 21.7. The lowest BCUT2D eigenvalue weighted by Gasteiger charge is -2.28. The van der Waals surface area contributed by atoms with E-state index >= 15 is 0 Å². The van der Waals surface area contributed by atoms with E-state index in [0.29, 0.717) is 76.9 Å². The SMILES string of the molecule is CC[C@@H](/C=N/NC(=O)NCC1CCC(C(=O)NC)CC1)NC(=O)[C@@H]1C[C@@H](OCc2ccccc2)CN1.CC[C@@H](/C=N/NC(=O)NCC1CCC(C(=O)NC)CC1)NC(=O)[C@@H]1C[C@@H](OCc2ccccc2)CN1C(=O)[C@@H](C)C(C)C.[3H]C.[3H]C.[3H]C. The summed E-state index contributed by atoms with van der Waals surface area (Å²) in [6.45, 7) is 12.8. The quantitative estimate of drug-likeness (QED) is 0.0393. The van der Waals surface area contributed by atoms with E-state index in [2.05, 4.69) is 58.3 Å². The molecule has 4 fully saturated rings. The molecule has 2 saturated heterocycles. The molecule has 460 valence electrons. The lowest BCUT2D eigenvalue weighted by Crippen LogP contribution is -2.50. The maximum atomic E-state index is 13.5. The number of rotatable bonds is 24. The average Bonchev–Trinajstić information content (AvgIpc) is 3.51. The molecule has 0 spiro atoms. The lowest BCUT2D eigenvalue weighted by molar-refractivity contribution is -0.142. The van der Waals surface area contributed by atoms with Crippen LogP contribution in [0.4, 0.5) is 9.59 Å². The molecule has 0 unspecified atom stereocenters. The molecule has 2 aromatic carbocycles. The molecule has 9 amide bonds. The zero-order chi connectivity index (χ0) is 63.1. The Labute approximate surface area is 493 Å². The number of hydrogen-bond donors (Lipinski definition) is 9. The Morgan fingerprint density at radius 1 is 0.634 bits per heavy atom. The van der Waals surface area contributed by atoms with Gasteiger partial charge in [-0.3, -0.25) is 24.0 Å². The maximum absolute atomic E-state index is 13.5. The Bertz CT molecular complexity index is 2290. The molecule has 6 rings (SSSR count). The molecule has 0 radical (unpaired) electrons. The van der Waals surface area contributed by atoms with Gasteiger partial charge in [-0.2, -0.15) is 10.2 Å². The number of carbonyl (C=O) groups excluding carboxylic acids is 7. The maximum Gasteiger partial charge on any atom is 0.335 e. The smallest absolute Gasteiger partial charge is 0.335 e. The highest BCUT2D eigenvalue weighted by molar-refractivity contribution is 5.91. The van der Waals surface area contributed by atoms with Gasteiger partial charge in [-0.15, -0.1) is 0 Å². The summed E-state index contributed by atoms with van der Waals surface area (Å²) < 4.78 is 29.3. The fourth-order valence-electron chi connectivity index (χ4n) is 10.2. The highest BCUT2D eigenvalue weighted by Gasteiger charge is 2.42. The molecule has 2 saturated carbocycles. The van der Waals surface area contributed by atoms with E-state index in [1.54, 1.807) is 25.2 Å². The predicted molar refractivity (Wildman–Crippen MR) is 324 cm³/mol. The summed E-state index contributed by atoms with van der Waals surface area (Å²) >= 11 is 0. The summed E-state index contributed by atoms with van der Waals surface area (Å²) in [4.78, 5) is 89.1. The highest BCUT2D eigenvalue weighted by Crippen LogP contribution is 2.30. The Morgan fingerprint density at radius 3 is 1.50 bits per heavy atom. The van der Waals surface area contributed by atoms with E-state index < -0.39 is 18.1 Å². The number of ether oxygens (including phenoxy) is 2. The van der Waals surface area contributed by atoms with E-state index in [-0.39, 0.29) is 83.5 Å². The summed E-state index contributed by atoms with van der Waals surface area (Å²) in [7, 11) is 7.08. The minimum Gasteiger partial charge on any atom is -0.372 e. The van der Waals surface area contributed by atoms with Gasteiger partial charge in [0.2, 0.25) is 29.5 Å². The second-order valence-corrected chi connectivity index (χ2v) is 21.7. The predicted octanol–water partition coefficient (Wildman–Crippen LogP) is 6.77. The normalized spacial score (nSPS) is 23.5. The van der Waals surface area contributed by atoms with Crippen molar-refractivity contribution in [1.29, 1.82) is 0 Å². The number of urea groups is 2. The molecule has 21 heteroatoms. The first-order chi connectivity index (χ1) is 41.1. The molecule has 9 N–H and O–H groups in total. The molecular weight excluding hydrogens is 1040 g/mol. The fraction of sp³-hybridized carbons (Fsp3) is 0.656. The van der Waals surface area contributed by atoms with Crippen molar-refractivity contribution in [1.82, 2.24) is 53.0 Å². The van der Waals surface area contributed by atoms with Gasteiger partial charge < -0.3 is 51.6 Å². The largest absolute Gasteiger partial charge is 0.372 e. The molecule has 21 nitrogen and oxygen atoms in total. The molecule has 2 heterocycles. The average molecular weight is 1150 g/mol. The van der Waals surface area contributed by atoms with Gasteiger partial charge in [0, 0.05) is 81.0 Å². The van der Waals surface area contributed by atoms with Crippen molar-refractivity contribution in [3.63, 3.8) is 0 Å². The van der Waals surface area contributed by atoms with Gasteiger partial charge in [0.1, 0.15) is 6.04 Å². The van der Waals surface area contributed by atoms with Gasteiger partial charge in [0.05, 0.1) is 43.5 Å². The molecule has 82 heavy (non-hydrogen) atoms.